The van der Waals surface area contributed by atoms with Crippen molar-refractivity contribution in [3.05, 3.63) is 41.3 Å². The third-order valence-corrected chi connectivity index (χ3v) is 4.99. The van der Waals surface area contributed by atoms with Gasteiger partial charge in [-0.1, -0.05) is 17.3 Å². The summed E-state index contributed by atoms with van der Waals surface area (Å²) in [6.45, 7) is 5.29. The summed E-state index contributed by atoms with van der Waals surface area (Å²) in [4.78, 5) is 14.3. The number of carbonyl (C=O) groups excluding carboxylic acids is 1. The molecule has 0 aliphatic rings. The first-order valence-corrected chi connectivity index (χ1v) is 9.03. The highest BCUT2D eigenvalue weighted by Crippen LogP contribution is 2.29. The number of carbonyl (C=O) groups is 1. The second-order valence-electron chi connectivity index (χ2n) is 5.60. The van der Waals surface area contributed by atoms with Gasteiger partial charge in [0.05, 0.1) is 22.2 Å². The van der Waals surface area contributed by atoms with Crippen LogP contribution < -0.4 is 4.90 Å². The van der Waals surface area contributed by atoms with Gasteiger partial charge in [-0.3, -0.25) is 4.79 Å². The lowest BCUT2D eigenvalue weighted by atomic mass is 9.98. The Balaban J connectivity index is 2.42. The Bertz CT molecular complexity index is 820. The first kappa shape index (κ1) is 17.2. The molecule has 0 unspecified atom stereocenters. The van der Waals surface area contributed by atoms with Crippen molar-refractivity contribution in [2.75, 3.05) is 18.2 Å². The zero-order chi connectivity index (χ0) is 17.4. The number of anilines is 1. The van der Waals surface area contributed by atoms with Gasteiger partial charge in [0, 0.05) is 18.9 Å². The molecule has 1 aromatic carbocycles. The minimum absolute atomic E-state index is 0.127. The van der Waals surface area contributed by atoms with Crippen LogP contribution in [0.1, 0.15) is 29.9 Å². The van der Waals surface area contributed by atoms with Crippen molar-refractivity contribution in [3.8, 4) is 0 Å². The summed E-state index contributed by atoms with van der Waals surface area (Å²) in [5.41, 5.74) is 1.76. The molecule has 0 bridgehead atoms. The normalized spacial score (nSPS) is 12.9. The molecule has 1 atom stereocenters. The molecule has 2 aromatic rings. The van der Waals surface area contributed by atoms with Gasteiger partial charge < -0.3 is 9.42 Å². The molecule has 0 radical (unpaired) electrons. The first-order chi connectivity index (χ1) is 10.6. The standard InChI is InChI=1S/C16H20N2O4S/c1-10(15-11(2)17-22-12(15)3)16(19)18(4)13-8-6-7-9-14(13)23(5,20)21/h6-10H,1-5H3/t10-/m1/s1. The third kappa shape index (κ3) is 3.29. The van der Waals surface area contributed by atoms with E-state index in [0.717, 1.165) is 11.8 Å². The topological polar surface area (TPSA) is 80.5 Å². The number of para-hydroxylation sites is 1. The van der Waals surface area contributed by atoms with Gasteiger partial charge in [-0.25, -0.2) is 8.42 Å². The largest absolute Gasteiger partial charge is 0.361 e. The molecule has 0 spiro atoms. The number of benzene rings is 1. The van der Waals surface area contributed by atoms with E-state index in [2.05, 4.69) is 5.16 Å². The van der Waals surface area contributed by atoms with Gasteiger partial charge >= 0.3 is 0 Å². The van der Waals surface area contributed by atoms with E-state index in [1.54, 1.807) is 46.0 Å². The fourth-order valence-corrected chi connectivity index (χ4v) is 3.60. The van der Waals surface area contributed by atoms with Crippen molar-refractivity contribution in [3.63, 3.8) is 0 Å². The van der Waals surface area contributed by atoms with Crippen LogP contribution in [0, 0.1) is 13.8 Å². The van der Waals surface area contributed by atoms with Gasteiger partial charge in [-0.15, -0.1) is 0 Å². The van der Waals surface area contributed by atoms with Gasteiger partial charge in [0.1, 0.15) is 5.76 Å². The minimum Gasteiger partial charge on any atom is -0.361 e. The zero-order valence-electron chi connectivity index (χ0n) is 13.8. The Kier molecular flexibility index (Phi) is 4.61. The fourth-order valence-electron chi connectivity index (χ4n) is 2.69. The second-order valence-corrected chi connectivity index (χ2v) is 7.58. The maximum atomic E-state index is 12.8. The number of hydrogen-bond acceptors (Lipinski definition) is 5. The molecule has 1 heterocycles. The van der Waals surface area contributed by atoms with Crippen LogP contribution in [0.3, 0.4) is 0 Å². The molecule has 0 fully saturated rings. The zero-order valence-corrected chi connectivity index (χ0v) is 14.6. The van der Waals surface area contributed by atoms with Crippen molar-refractivity contribution < 1.29 is 17.7 Å². The van der Waals surface area contributed by atoms with Gasteiger partial charge in [0.25, 0.3) is 0 Å². The van der Waals surface area contributed by atoms with E-state index in [1.807, 2.05) is 0 Å². The Morgan fingerprint density at radius 2 is 1.87 bits per heavy atom. The molecule has 1 aromatic heterocycles. The average molecular weight is 336 g/mol. The van der Waals surface area contributed by atoms with Crippen molar-refractivity contribution >= 4 is 21.4 Å². The summed E-state index contributed by atoms with van der Waals surface area (Å²) < 4.78 is 29.0. The Morgan fingerprint density at radius 3 is 2.39 bits per heavy atom. The van der Waals surface area contributed by atoms with Crippen LogP contribution in [0.25, 0.3) is 0 Å². The second kappa shape index (κ2) is 6.16. The summed E-state index contributed by atoms with van der Waals surface area (Å²) in [6.07, 6.45) is 1.13. The molecule has 6 nitrogen and oxygen atoms in total. The number of rotatable bonds is 4. The van der Waals surface area contributed by atoms with Crippen LogP contribution in [0.4, 0.5) is 5.69 Å². The number of likely N-dealkylation sites (N-methyl/N-ethyl adjacent to an activating group) is 1. The third-order valence-electron chi connectivity index (χ3n) is 3.85. The monoisotopic (exact) mass is 336 g/mol. The van der Waals surface area contributed by atoms with Crippen LogP contribution in [-0.4, -0.2) is 32.8 Å². The molecule has 2 rings (SSSR count). The highest BCUT2D eigenvalue weighted by molar-refractivity contribution is 7.90. The van der Waals surface area contributed by atoms with E-state index in [0.29, 0.717) is 17.1 Å². The average Bonchev–Trinajstić information content (AvgIpc) is 2.83. The predicted octanol–water partition coefficient (Wildman–Crippen LogP) is 2.46. The Morgan fingerprint density at radius 1 is 1.26 bits per heavy atom. The summed E-state index contributed by atoms with van der Waals surface area (Å²) in [5.74, 6) is -0.123. The lowest BCUT2D eigenvalue weighted by Gasteiger charge is -2.23. The van der Waals surface area contributed by atoms with E-state index in [4.69, 9.17) is 4.52 Å². The minimum atomic E-state index is -3.43. The Labute approximate surface area is 136 Å². The molecule has 23 heavy (non-hydrogen) atoms. The van der Waals surface area contributed by atoms with Crippen LogP contribution >= 0.6 is 0 Å². The number of nitrogens with zero attached hydrogens (tertiary/aromatic N) is 2. The molecule has 124 valence electrons. The summed E-state index contributed by atoms with van der Waals surface area (Å²) in [7, 11) is -1.86. The SMILES string of the molecule is Cc1noc(C)c1[C@@H](C)C(=O)N(C)c1ccccc1S(C)(=O)=O. The number of aryl methyl sites for hydroxylation is 2. The molecule has 1 amide bonds. The molecule has 0 N–H and O–H groups in total. The smallest absolute Gasteiger partial charge is 0.234 e. The molecule has 0 aliphatic carbocycles. The van der Waals surface area contributed by atoms with Crippen LogP contribution in [0.2, 0.25) is 0 Å². The lowest BCUT2D eigenvalue weighted by molar-refractivity contribution is -0.119. The summed E-state index contributed by atoms with van der Waals surface area (Å²) in [5, 5.41) is 3.87. The quantitative estimate of drug-likeness (QED) is 0.857. The van der Waals surface area contributed by atoms with Crippen molar-refractivity contribution in [1.82, 2.24) is 5.16 Å². The van der Waals surface area contributed by atoms with Crippen LogP contribution in [-0.2, 0) is 14.6 Å². The van der Waals surface area contributed by atoms with Crippen molar-refractivity contribution in [2.45, 2.75) is 31.6 Å². The first-order valence-electron chi connectivity index (χ1n) is 7.14. The van der Waals surface area contributed by atoms with Crippen LogP contribution in [0.15, 0.2) is 33.7 Å². The van der Waals surface area contributed by atoms with Gasteiger partial charge in [-0.2, -0.15) is 0 Å². The fraction of sp³-hybridized carbons (Fsp3) is 0.375. The lowest BCUT2D eigenvalue weighted by Crippen LogP contribution is -2.32. The van der Waals surface area contributed by atoms with E-state index in [-0.39, 0.29) is 10.8 Å². The summed E-state index contributed by atoms with van der Waals surface area (Å²) in [6, 6.07) is 6.45. The summed E-state index contributed by atoms with van der Waals surface area (Å²) >= 11 is 0. The number of amides is 1. The van der Waals surface area contributed by atoms with E-state index < -0.39 is 15.8 Å². The molecule has 7 heteroatoms. The van der Waals surface area contributed by atoms with Gasteiger partial charge in [0.15, 0.2) is 9.84 Å². The van der Waals surface area contributed by atoms with E-state index >= 15 is 0 Å². The van der Waals surface area contributed by atoms with Crippen molar-refractivity contribution in [1.29, 1.82) is 0 Å². The molecule has 0 saturated carbocycles. The highest BCUT2D eigenvalue weighted by Gasteiger charge is 2.28. The number of aromatic nitrogens is 1. The maximum absolute atomic E-state index is 12.8. The van der Waals surface area contributed by atoms with Gasteiger partial charge in [-0.05, 0) is 32.9 Å². The Hall–Kier alpha value is -2.15. The van der Waals surface area contributed by atoms with E-state index in [9.17, 15) is 13.2 Å². The van der Waals surface area contributed by atoms with Gasteiger partial charge in [0.2, 0.25) is 5.91 Å². The predicted molar refractivity (Wildman–Crippen MR) is 87.4 cm³/mol. The molecule has 0 saturated heterocycles. The van der Waals surface area contributed by atoms with Crippen LogP contribution in [0.5, 0.6) is 0 Å². The molecule has 0 aliphatic heterocycles. The molecular weight excluding hydrogens is 316 g/mol. The van der Waals surface area contributed by atoms with Crippen molar-refractivity contribution in [2.24, 2.45) is 0 Å². The molecular formula is C16H20N2O4S. The number of sulfone groups is 1. The highest BCUT2D eigenvalue weighted by atomic mass is 32.2. The number of hydrogen-bond donors (Lipinski definition) is 0. The maximum Gasteiger partial charge on any atom is 0.234 e. The van der Waals surface area contributed by atoms with E-state index in [1.165, 1.54) is 11.0 Å².